The van der Waals surface area contributed by atoms with Crippen LogP contribution in [0.5, 0.6) is 0 Å². The van der Waals surface area contributed by atoms with E-state index in [0.29, 0.717) is 5.56 Å². The van der Waals surface area contributed by atoms with Crippen molar-refractivity contribution < 1.29 is 9.72 Å². The van der Waals surface area contributed by atoms with Crippen molar-refractivity contribution in [3.8, 4) is 0 Å². The Bertz CT molecular complexity index is 985. The van der Waals surface area contributed by atoms with Crippen molar-refractivity contribution in [3.63, 3.8) is 0 Å². The molecular weight excluding hydrogens is 374 g/mol. The minimum Gasteiger partial charge on any atom is -0.294 e. The van der Waals surface area contributed by atoms with Crippen LogP contribution in [-0.4, -0.2) is 17.3 Å². The molecule has 0 aliphatic carbocycles. The number of benzene rings is 3. The van der Waals surface area contributed by atoms with Crippen LogP contribution in [0.1, 0.15) is 52.2 Å². The van der Waals surface area contributed by atoms with Gasteiger partial charge in [0.05, 0.1) is 5.92 Å². The number of carbonyl (C=O) groups excluding carboxylic acids is 1. The van der Waals surface area contributed by atoms with Gasteiger partial charge in [-0.25, -0.2) is 0 Å². The molecule has 0 aromatic heterocycles. The molecule has 4 nitrogen and oxygen atoms in total. The van der Waals surface area contributed by atoms with Crippen LogP contribution in [0.15, 0.2) is 84.9 Å². The Morgan fingerprint density at radius 2 is 1.43 bits per heavy atom. The summed E-state index contributed by atoms with van der Waals surface area (Å²) in [6.45, 7) is 3.80. The molecule has 0 unspecified atom stereocenters. The van der Waals surface area contributed by atoms with Gasteiger partial charge in [0.1, 0.15) is 0 Å². The summed E-state index contributed by atoms with van der Waals surface area (Å²) < 4.78 is 0. The lowest BCUT2D eigenvalue weighted by Gasteiger charge is -2.32. The van der Waals surface area contributed by atoms with Crippen LogP contribution in [0.2, 0.25) is 0 Å². The number of rotatable bonds is 9. The van der Waals surface area contributed by atoms with E-state index in [2.05, 4.69) is 6.92 Å². The topological polar surface area (TPSA) is 60.2 Å². The van der Waals surface area contributed by atoms with Crippen LogP contribution < -0.4 is 0 Å². The van der Waals surface area contributed by atoms with Crippen LogP contribution in [0.4, 0.5) is 0 Å². The van der Waals surface area contributed by atoms with Gasteiger partial charge in [0, 0.05) is 16.4 Å². The van der Waals surface area contributed by atoms with Gasteiger partial charge in [-0.1, -0.05) is 91.9 Å². The van der Waals surface area contributed by atoms with Gasteiger partial charge < -0.3 is 0 Å². The molecule has 4 heteroatoms. The first-order chi connectivity index (χ1) is 14.5. The summed E-state index contributed by atoms with van der Waals surface area (Å²) in [7, 11) is 0. The van der Waals surface area contributed by atoms with E-state index in [0.717, 1.165) is 23.1 Å². The van der Waals surface area contributed by atoms with Crippen LogP contribution in [0, 0.1) is 23.0 Å². The fraction of sp³-hybridized carbons (Fsp3) is 0.269. The van der Waals surface area contributed by atoms with Gasteiger partial charge >= 0.3 is 0 Å². The average Bonchev–Trinajstić information content (AvgIpc) is 2.77. The van der Waals surface area contributed by atoms with Crippen molar-refractivity contribution in [1.29, 1.82) is 0 Å². The third-order valence-corrected chi connectivity index (χ3v) is 5.83. The van der Waals surface area contributed by atoms with Crippen LogP contribution in [0.3, 0.4) is 0 Å². The molecule has 30 heavy (non-hydrogen) atoms. The first-order valence-corrected chi connectivity index (χ1v) is 10.3. The summed E-state index contributed by atoms with van der Waals surface area (Å²) in [5.74, 6) is -1.21. The fourth-order valence-electron chi connectivity index (χ4n) is 4.40. The number of ketones is 1. The Morgan fingerprint density at radius 3 is 2.00 bits per heavy atom. The molecule has 3 atom stereocenters. The lowest BCUT2D eigenvalue weighted by Crippen LogP contribution is -2.33. The van der Waals surface area contributed by atoms with Gasteiger partial charge in [-0.15, -0.1) is 0 Å². The zero-order valence-corrected chi connectivity index (χ0v) is 17.4. The summed E-state index contributed by atoms with van der Waals surface area (Å²) in [5, 5.41) is 11.7. The molecule has 0 N–H and O–H groups in total. The SMILES string of the molecule is CC[C@@H](c1ccccc1C)[C@@H](C(=O)c1ccccc1)[C@H](C[N+](=O)[O-])c1ccccc1. The third-order valence-electron chi connectivity index (χ3n) is 5.83. The average molecular weight is 402 g/mol. The summed E-state index contributed by atoms with van der Waals surface area (Å²) in [5.41, 5.74) is 3.61. The van der Waals surface area contributed by atoms with Gasteiger partial charge in [-0.3, -0.25) is 14.9 Å². The molecule has 3 aromatic rings. The van der Waals surface area contributed by atoms with Crippen LogP contribution in [-0.2, 0) is 0 Å². The highest BCUT2D eigenvalue weighted by Gasteiger charge is 2.39. The number of carbonyl (C=O) groups is 1. The number of hydrogen-bond donors (Lipinski definition) is 0. The maximum Gasteiger partial charge on any atom is 0.211 e. The normalized spacial score (nSPS) is 13.9. The zero-order valence-electron chi connectivity index (χ0n) is 17.4. The lowest BCUT2D eigenvalue weighted by molar-refractivity contribution is -0.484. The molecule has 3 rings (SSSR count). The highest BCUT2D eigenvalue weighted by Crippen LogP contribution is 2.41. The van der Waals surface area contributed by atoms with E-state index in [-0.39, 0.29) is 23.2 Å². The van der Waals surface area contributed by atoms with Crippen molar-refractivity contribution in [2.24, 2.45) is 5.92 Å². The van der Waals surface area contributed by atoms with E-state index in [9.17, 15) is 14.9 Å². The van der Waals surface area contributed by atoms with E-state index in [1.165, 1.54) is 0 Å². The number of hydrogen-bond acceptors (Lipinski definition) is 3. The predicted octanol–water partition coefficient (Wildman–Crippen LogP) is 6.05. The van der Waals surface area contributed by atoms with Crippen LogP contribution >= 0.6 is 0 Å². The van der Waals surface area contributed by atoms with E-state index in [1.54, 1.807) is 12.1 Å². The minimum absolute atomic E-state index is 0.0404. The van der Waals surface area contributed by atoms with Gasteiger partial charge in [0.15, 0.2) is 5.78 Å². The smallest absolute Gasteiger partial charge is 0.211 e. The second-order valence-electron chi connectivity index (χ2n) is 7.66. The Hall–Kier alpha value is -3.27. The van der Waals surface area contributed by atoms with Crippen molar-refractivity contribution in [1.82, 2.24) is 0 Å². The molecule has 0 spiro atoms. The molecule has 0 saturated heterocycles. The monoisotopic (exact) mass is 401 g/mol. The number of nitrogens with zero attached hydrogens (tertiary/aromatic N) is 1. The van der Waals surface area contributed by atoms with E-state index in [4.69, 9.17) is 0 Å². The highest BCUT2D eigenvalue weighted by molar-refractivity contribution is 5.99. The molecule has 0 saturated carbocycles. The van der Waals surface area contributed by atoms with E-state index in [1.807, 2.05) is 79.7 Å². The Balaban J connectivity index is 2.17. The second kappa shape index (κ2) is 9.97. The number of nitro groups is 1. The van der Waals surface area contributed by atoms with Crippen molar-refractivity contribution >= 4 is 5.78 Å². The Morgan fingerprint density at radius 1 is 0.867 bits per heavy atom. The molecule has 154 valence electrons. The largest absolute Gasteiger partial charge is 0.294 e. The first kappa shape index (κ1) is 21.4. The molecule has 0 radical (unpaired) electrons. The third kappa shape index (κ3) is 4.82. The fourth-order valence-corrected chi connectivity index (χ4v) is 4.40. The quantitative estimate of drug-likeness (QED) is 0.249. The zero-order chi connectivity index (χ0) is 21.5. The van der Waals surface area contributed by atoms with Crippen molar-refractivity contribution in [3.05, 3.63) is 117 Å². The number of Topliss-reactive ketones (excluding diaryl/α,β-unsaturated/α-hetero) is 1. The second-order valence-corrected chi connectivity index (χ2v) is 7.66. The molecule has 0 aliphatic rings. The Labute approximate surface area is 177 Å². The van der Waals surface area contributed by atoms with Crippen molar-refractivity contribution in [2.75, 3.05) is 6.54 Å². The van der Waals surface area contributed by atoms with Gasteiger partial charge in [-0.05, 0) is 36.0 Å². The molecular formula is C26H27NO3. The number of aryl methyl sites for hydroxylation is 1. The van der Waals surface area contributed by atoms with Gasteiger partial charge in [0.25, 0.3) is 0 Å². The summed E-state index contributed by atoms with van der Waals surface area (Å²) in [6.07, 6.45) is 0.717. The summed E-state index contributed by atoms with van der Waals surface area (Å²) in [6, 6.07) is 26.6. The van der Waals surface area contributed by atoms with Gasteiger partial charge in [-0.2, -0.15) is 0 Å². The van der Waals surface area contributed by atoms with Gasteiger partial charge in [0.2, 0.25) is 6.54 Å². The maximum absolute atomic E-state index is 13.8. The molecule has 0 aliphatic heterocycles. The minimum atomic E-state index is -0.536. The molecule has 0 fully saturated rings. The lowest BCUT2D eigenvalue weighted by atomic mass is 9.70. The summed E-state index contributed by atoms with van der Waals surface area (Å²) >= 11 is 0. The molecule has 0 heterocycles. The molecule has 0 bridgehead atoms. The molecule has 0 amide bonds. The van der Waals surface area contributed by atoms with E-state index < -0.39 is 11.8 Å². The standard InChI is InChI=1S/C26H27NO3/c1-3-22(23-17-11-10-12-19(23)2)25(26(28)21-15-8-5-9-16-21)24(18-27(29)30)20-13-6-4-7-14-20/h4-17,22,24-25H,3,18H2,1-2H3/t22-,24+,25+/m0/s1. The maximum atomic E-state index is 13.8. The Kier molecular flexibility index (Phi) is 7.12. The van der Waals surface area contributed by atoms with Crippen LogP contribution in [0.25, 0.3) is 0 Å². The van der Waals surface area contributed by atoms with E-state index >= 15 is 0 Å². The first-order valence-electron chi connectivity index (χ1n) is 10.3. The summed E-state index contributed by atoms with van der Waals surface area (Å²) in [4.78, 5) is 25.2. The van der Waals surface area contributed by atoms with Crippen molar-refractivity contribution in [2.45, 2.75) is 32.1 Å². The molecule has 3 aromatic carbocycles. The predicted molar refractivity (Wildman–Crippen MR) is 120 cm³/mol. The highest BCUT2D eigenvalue weighted by atomic mass is 16.6.